The quantitative estimate of drug-likeness (QED) is 0.476. The number of fused-ring (bicyclic) bond motifs is 1. The van der Waals surface area contributed by atoms with Crippen molar-refractivity contribution in [1.82, 2.24) is 15.0 Å². The third kappa shape index (κ3) is 3.99. The van der Waals surface area contributed by atoms with Crippen molar-refractivity contribution in [2.24, 2.45) is 16.6 Å². The molecule has 166 valence electrons. The fourth-order valence-electron chi connectivity index (χ4n) is 3.90. The van der Waals surface area contributed by atoms with E-state index in [1.165, 1.54) is 36.4 Å². The normalized spacial score (nSPS) is 27.6. The van der Waals surface area contributed by atoms with Gasteiger partial charge in [0.05, 0.1) is 45.3 Å². The minimum Gasteiger partial charge on any atom is -0.463 e. The first-order valence-corrected chi connectivity index (χ1v) is 10.3. The van der Waals surface area contributed by atoms with Gasteiger partial charge in [0.25, 0.3) is 5.91 Å². The van der Waals surface area contributed by atoms with Gasteiger partial charge in [-0.1, -0.05) is 17.7 Å². The van der Waals surface area contributed by atoms with E-state index in [0.29, 0.717) is 6.42 Å². The molecule has 0 unspecified atom stereocenters. The summed E-state index contributed by atoms with van der Waals surface area (Å²) in [5.41, 5.74) is 5.22. The van der Waals surface area contributed by atoms with Crippen LogP contribution in [0.1, 0.15) is 33.5 Å². The number of aromatic nitrogens is 3. The predicted molar refractivity (Wildman–Crippen MR) is 118 cm³/mol. The zero-order valence-corrected chi connectivity index (χ0v) is 17.8. The Bertz CT molecular complexity index is 1220. The molecule has 0 radical (unpaired) electrons. The van der Waals surface area contributed by atoms with E-state index >= 15 is 0 Å². The second-order valence-electron chi connectivity index (χ2n) is 7.56. The molecule has 4 rings (SSSR count). The van der Waals surface area contributed by atoms with Crippen molar-refractivity contribution in [2.45, 2.75) is 23.6 Å². The molecule has 3 N–H and O–H groups in total. The fourth-order valence-corrected chi connectivity index (χ4v) is 5.29. The van der Waals surface area contributed by atoms with Crippen molar-refractivity contribution < 1.29 is 22.8 Å². The molecule has 0 saturated heterocycles. The number of nitrogens with two attached hydrogens (primary N) is 1. The summed E-state index contributed by atoms with van der Waals surface area (Å²) >= 11 is 1.23. The number of halogens is 1. The average Bonchev–Trinajstić information content (AvgIpc) is 3.53. The predicted octanol–water partition coefficient (Wildman–Crippen LogP) is 1.96. The summed E-state index contributed by atoms with van der Waals surface area (Å²) < 4.78 is 46.4. The number of carbonyl (C=O) groups excluding carboxylic acids is 1. The number of hydrogen-bond donors (Lipinski definition) is 2. The van der Waals surface area contributed by atoms with Crippen LogP contribution in [0, 0.1) is 24.2 Å². The smallest absolute Gasteiger partial charge is 0.275 e. The lowest BCUT2D eigenvalue weighted by molar-refractivity contribution is 0.102. The number of amides is 1. The van der Waals surface area contributed by atoms with Gasteiger partial charge in [0.1, 0.15) is 5.69 Å². The lowest BCUT2D eigenvalue weighted by Crippen LogP contribution is -2.38. The highest BCUT2D eigenvalue weighted by Crippen LogP contribution is 2.65. The van der Waals surface area contributed by atoms with Gasteiger partial charge in [-0.25, -0.2) is 15.0 Å². The second-order valence-corrected chi connectivity index (χ2v) is 8.99. The standard InChI is InChI=1S/C21H21FN6O3S/c1-4-5-31-16-10-24-14(9-25-16)18(29)27-12-6-13(17(22)26-8-12)20(2)15-7-21(15,11-30-3)32-19(23)28-20/h1,6,8-10,15H,5,7,11H2,2-3H3,(H2,23,28)(H,27,29)/t15-,20+,21+/m0/s1/i3D3. The van der Waals surface area contributed by atoms with E-state index in [0.717, 1.165) is 0 Å². The molecule has 11 heteroatoms. The Morgan fingerprint density at radius 1 is 1.47 bits per heavy atom. The van der Waals surface area contributed by atoms with Crippen molar-refractivity contribution in [3.05, 3.63) is 41.9 Å². The Balaban J connectivity index is 1.55. The summed E-state index contributed by atoms with van der Waals surface area (Å²) in [5.74, 6) is 0.834. The lowest BCUT2D eigenvalue weighted by Gasteiger charge is -2.33. The van der Waals surface area contributed by atoms with Crippen LogP contribution in [0.5, 0.6) is 5.88 Å². The van der Waals surface area contributed by atoms with Gasteiger partial charge in [-0.3, -0.25) is 9.79 Å². The molecule has 1 aliphatic heterocycles. The van der Waals surface area contributed by atoms with Gasteiger partial charge in [-0.05, 0) is 19.4 Å². The Morgan fingerprint density at radius 2 is 2.31 bits per heavy atom. The zero-order chi connectivity index (χ0) is 25.4. The number of anilines is 1. The van der Waals surface area contributed by atoms with Crippen molar-refractivity contribution in [3.8, 4) is 18.2 Å². The number of hydrogen-bond acceptors (Lipinski definition) is 9. The van der Waals surface area contributed by atoms with E-state index in [-0.39, 0.29) is 47.1 Å². The minimum atomic E-state index is -2.56. The number of nitrogens with zero attached hydrogens (tertiary/aromatic N) is 4. The Labute approximate surface area is 192 Å². The van der Waals surface area contributed by atoms with Gasteiger partial charge in [0.15, 0.2) is 11.8 Å². The number of thioether (sulfide) groups is 1. The molecular weight excluding hydrogens is 435 g/mol. The van der Waals surface area contributed by atoms with Gasteiger partial charge < -0.3 is 20.5 Å². The van der Waals surface area contributed by atoms with Gasteiger partial charge in [0.2, 0.25) is 11.8 Å². The summed E-state index contributed by atoms with van der Waals surface area (Å²) in [6, 6.07) is 1.43. The number of rotatable bonds is 7. The summed E-state index contributed by atoms with van der Waals surface area (Å²) in [7, 11) is -2.56. The first-order chi connectivity index (χ1) is 16.5. The number of amidine groups is 1. The van der Waals surface area contributed by atoms with Gasteiger partial charge >= 0.3 is 0 Å². The minimum absolute atomic E-state index is 0.00509. The molecule has 0 aromatic carbocycles. The number of aliphatic imine (C=N–C) groups is 1. The van der Waals surface area contributed by atoms with Crippen molar-refractivity contribution in [3.63, 3.8) is 0 Å². The van der Waals surface area contributed by atoms with Crippen LogP contribution < -0.4 is 15.8 Å². The van der Waals surface area contributed by atoms with E-state index in [1.54, 1.807) is 6.92 Å². The maximum atomic E-state index is 14.9. The molecule has 0 spiro atoms. The zero-order valence-electron chi connectivity index (χ0n) is 20.0. The SMILES string of the molecule is [2H]C([2H])([2H])OC[C@]12C[C@H]1[C@@](C)(c1cc(NC(=O)c3cnc(OCC#C)cn3)cnc1F)N=C(N)S2. The van der Waals surface area contributed by atoms with Crippen molar-refractivity contribution in [2.75, 3.05) is 25.6 Å². The van der Waals surface area contributed by atoms with Gasteiger partial charge in [-0.15, -0.1) is 6.42 Å². The van der Waals surface area contributed by atoms with E-state index in [2.05, 4.69) is 31.2 Å². The van der Waals surface area contributed by atoms with Crippen molar-refractivity contribution >= 4 is 28.5 Å². The fraction of sp³-hybridized carbons (Fsp3) is 0.381. The summed E-state index contributed by atoms with van der Waals surface area (Å²) in [5, 5.41) is 2.80. The number of terminal acetylenes is 1. The maximum Gasteiger partial charge on any atom is 0.275 e. The lowest BCUT2D eigenvalue weighted by atomic mass is 9.86. The molecule has 9 nitrogen and oxygen atoms in total. The number of methoxy groups -OCH3 is 1. The molecule has 3 heterocycles. The second kappa shape index (κ2) is 8.37. The highest BCUT2D eigenvalue weighted by molar-refractivity contribution is 8.15. The van der Waals surface area contributed by atoms with Crippen LogP contribution in [0.2, 0.25) is 0 Å². The van der Waals surface area contributed by atoms with Gasteiger partial charge in [-0.2, -0.15) is 4.39 Å². The van der Waals surface area contributed by atoms with Crippen LogP contribution >= 0.6 is 11.8 Å². The Morgan fingerprint density at radius 3 is 3.03 bits per heavy atom. The average molecular weight is 460 g/mol. The Hall–Kier alpha value is -3.23. The summed E-state index contributed by atoms with van der Waals surface area (Å²) in [6.07, 6.45) is 9.28. The van der Waals surface area contributed by atoms with Crippen LogP contribution in [0.4, 0.5) is 10.1 Å². The summed E-state index contributed by atoms with van der Waals surface area (Å²) in [6.45, 7) is 1.63. The van der Waals surface area contributed by atoms with Crippen LogP contribution in [-0.2, 0) is 10.3 Å². The van der Waals surface area contributed by atoms with Crippen LogP contribution in [0.25, 0.3) is 0 Å². The van der Waals surface area contributed by atoms with Crippen LogP contribution in [0.3, 0.4) is 0 Å². The maximum absolute atomic E-state index is 14.9. The van der Waals surface area contributed by atoms with Crippen molar-refractivity contribution in [1.29, 1.82) is 0 Å². The molecule has 1 saturated carbocycles. The number of ether oxygens (including phenoxy) is 2. The number of nitrogens with one attached hydrogen (secondary N) is 1. The molecular formula is C21H21FN6O3S. The largest absolute Gasteiger partial charge is 0.463 e. The molecule has 1 aliphatic carbocycles. The van der Waals surface area contributed by atoms with E-state index < -0.39 is 29.2 Å². The Kier molecular flexibility index (Phi) is 4.80. The first-order valence-electron chi connectivity index (χ1n) is 11.0. The van der Waals surface area contributed by atoms with Crippen LogP contribution in [-0.4, -0.2) is 51.0 Å². The molecule has 2 aromatic heterocycles. The van der Waals surface area contributed by atoms with E-state index in [1.807, 2.05) is 0 Å². The summed E-state index contributed by atoms with van der Waals surface area (Å²) in [4.78, 5) is 28.8. The van der Waals surface area contributed by atoms with Gasteiger partial charge in [0, 0.05) is 18.5 Å². The molecule has 1 amide bonds. The molecule has 32 heavy (non-hydrogen) atoms. The monoisotopic (exact) mass is 459 g/mol. The first kappa shape index (κ1) is 18.4. The number of pyridine rings is 1. The van der Waals surface area contributed by atoms with E-state index in [4.69, 9.17) is 25.7 Å². The van der Waals surface area contributed by atoms with Crippen LogP contribution in [0.15, 0.2) is 29.6 Å². The molecule has 2 aromatic rings. The molecule has 2 aliphatic rings. The molecule has 1 fully saturated rings. The molecule has 0 bridgehead atoms. The highest BCUT2D eigenvalue weighted by atomic mass is 32.2. The number of carbonyl (C=O) groups is 1. The van der Waals surface area contributed by atoms with E-state index in [9.17, 15) is 9.18 Å². The highest BCUT2D eigenvalue weighted by Gasteiger charge is 2.66. The third-order valence-corrected chi connectivity index (χ3v) is 6.75. The molecule has 3 atom stereocenters. The topological polar surface area (TPSA) is 125 Å². The third-order valence-electron chi connectivity index (χ3n) is 5.48.